The topological polar surface area (TPSA) is 86.6 Å². The van der Waals surface area contributed by atoms with Crippen molar-refractivity contribution in [3.8, 4) is 5.69 Å². The molecule has 144 valence electrons. The van der Waals surface area contributed by atoms with E-state index in [0.717, 1.165) is 24.3 Å². The molecule has 1 fully saturated rings. The van der Waals surface area contributed by atoms with E-state index in [9.17, 15) is 9.59 Å². The van der Waals surface area contributed by atoms with E-state index in [1.165, 1.54) is 0 Å². The van der Waals surface area contributed by atoms with Gasteiger partial charge in [0.25, 0.3) is 0 Å². The van der Waals surface area contributed by atoms with Gasteiger partial charge in [-0.05, 0) is 24.6 Å². The Hall–Kier alpha value is -2.94. The zero-order chi connectivity index (χ0) is 19.2. The summed E-state index contributed by atoms with van der Waals surface area (Å²) in [5.74, 6) is 0.0821. The Morgan fingerprint density at radius 3 is 2.63 bits per heavy atom. The lowest BCUT2D eigenvalue weighted by molar-refractivity contribution is -0.129. The first-order valence-electron chi connectivity index (χ1n) is 8.96. The van der Waals surface area contributed by atoms with Crippen LogP contribution < -0.4 is 5.32 Å². The number of urea groups is 1. The van der Waals surface area contributed by atoms with Gasteiger partial charge in [0, 0.05) is 46.0 Å². The molecule has 3 rings (SSSR count). The highest BCUT2D eigenvalue weighted by atomic mass is 16.2. The van der Waals surface area contributed by atoms with Crippen molar-refractivity contribution in [2.75, 3.05) is 52.1 Å². The average molecular weight is 371 g/mol. The quantitative estimate of drug-likeness (QED) is 0.863. The number of hydrogen-bond donors (Lipinski definition) is 1. The molecule has 2 aromatic rings. The highest BCUT2D eigenvalue weighted by Gasteiger charge is 2.21. The van der Waals surface area contributed by atoms with Crippen molar-refractivity contribution in [2.45, 2.75) is 6.42 Å². The van der Waals surface area contributed by atoms with Gasteiger partial charge in [0.2, 0.25) is 5.91 Å². The molecule has 0 spiro atoms. The van der Waals surface area contributed by atoms with Crippen molar-refractivity contribution in [1.29, 1.82) is 0 Å². The lowest BCUT2D eigenvalue weighted by Crippen LogP contribution is -2.40. The second-order valence-corrected chi connectivity index (χ2v) is 6.75. The van der Waals surface area contributed by atoms with E-state index in [-0.39, 0.29) is 11.9 Å². The van der Waals surface area contributed by atoms with Crippen molar-refractivity contribution in [3.63, 3.8) is 0 Å². The van der Waals surface area contributed by atoms with Gasteiger partial charge in [-0.25, -0.2) is 4.79 Å². The van der Waals surface area contributed by atoms with Crippen molar-refractivity contribution in [1.82, 2.24) is 29.5 Å². The van der Waals surface area contributed by atoms with Crippen LogP contribution in [0.1, 0.15) is 6.42 Å². The summed E-state index contributed by atoms with van der Waals surface area (Å²) in [6.45, 7) is 3.16. The van der Waals surface area contributed by atoms with Crippen LogP contribution in [0, 0.1) is 0 Å². The summed E-state index contributed by atoms with van der Waals surface area (Å²) in [6.07, 6.45) is 4.06. The Morgan fingerprint density at radius 2 is 1.89 bits per heavy atom. The van der Waals surface area contributed by atoms with E-state index < -0.39 is 0 Å². The predicted molar refractivity (Wildman–Crippen MR) is 102 cm³/mol. The van der Waals surface area contributed by atoms with Gasteiger partial charge in [0.1, 0.15) is 12.7 Å². The molecule has 1 aromatic heterocycles. The maximum Gasteiger partial charge on any atom is 0.321 e. The highest BCUT2D eigenvalue weighted by Crippen LogP contribution is 2.15. The second kappa shape index (κ2) is 8.63. The van der Waals surface area contributed by atoms with Crippen molar-refractivity contribution in [3.05, 3.63) is 36.9 Å². The number of likely N-dealkylation sites (N-methyl/N-ethyl adjacent to an activating group) is 1. The largest absolute Gasteiger partial charge is 0.348 e. The van der Waals surface area contributed by atoms with Crippen LogP contribution in [-0.2, 0) is 4.79 Å². The second-order valence-electron chi connectivity index (χ2n) is 6.75. The first kappa shape index (κ1) is 18.8. The fraction of sp³-hybridized carbons (Fsp3) is 0.444. The Labute approximate surface area is 158 Å². The van der Waals surface area contributed by atoms with Crippen molar-refractivity contribution in [2.24, 2.45) is 0 Å². The minimum absolute atomic E-state index is 0.0821. The summed E-state index contributed by atoms with van der Waals surface area (Å²) >= 11 is 0. The lowest BCUT2D eigenvalue weighted by atomic mass is 10.2. The molecule has 2 heterocycles. The molecule has 9 nitrogen and oxygen atoms in total. The van der Waals surface area contributed by atoms with Crippen LogP contribution in [-0.4, -0.2) is 88.2 Å². The number of rotatable bonds is 4. The zero-order valence-corrected chi connectivity index (χ0v) is 15.7. The Morgan fingerprint density at radius 1 is 1.11 bits per heavy atom. The van der Waals surface area contributed by atoms with Gasteiger partial charge < -0.3 is 15.1 Å². The standard InChI is InChI=1S/C18H25N7O2/c1-22(2)17(26)12-23-7-4-8-24(10-9-23)18(27)21-15-5-3-6-16(11-15)25-13-19-20-14-25/h3,5-6,11,13-14H,4,7-10,12H2,1-2H3,(H,21,27). The predicted octanol–water partition coefficient (Wildman–Crippen LogP) is 0.895. The Balaban J connectivity index is 1.57. The van der Waals surface area contributed by atoms with Crippen LogP contribution in [0.15, 0.2) is 36.9 Å². The number of benzene rings is 1. The number of aromatic nitrogens is 3. The van der Waals surface area contributed by atoms with E-state index in [2.05, 4.69) is 20.4 Å². The van der Waals surface area contributed by atoms with Crippen LogP contribution in [0.2, 0.25) is 0 Å². The van der Waals surface area contributed by atoms with Gasteiger partial charge in [-0.1, -0.05) is 6.07 Å². The molecule has 3 amide bonds. The van der Waals surface area contributed by atoms with E-state index >= 15 is 0 Å². The summed E-state index contributed by atoms with van der Waals surface area (Å²) in [5, 5.41) is 10.5. The molecule has 0 unspecified atom stereocenters. The van der Waals surface area contributed by atoms with Crippen molar-refractivity contribution < 1.29 is 9.59 Å². The molecule has 0 saturated carbocycles. The number of hydrogen-bond acceptors (Lipinski definition) is 5. The molecule has 1 aliphatic rings. The minimum atomic E-state index is -0.128. The van der Waals surface area contributed by atoms with E-state index in [1.807, 2.05) is 24.3 Å². The number of carbonyl (C=O) groups is 2. The average Bonchev–Trinajstić information content (AvgIpc) is 3.09. The molecular formula is C18H25N7O2. The summed E-state index contributed by atoms with van der Waals surface area (Å²) in [4.78, 5) is 30.0. The molecule has 0 atom stereocenters. The third-order valence-corrected chi connectivity index (χ3v) is 4.55. The van der Waals surface area contributed by atoms with Crippen LogP contribution >= 0.6 is 0 Å². The normalized spacial score (nSPS) is 15.3. The van der Waals surface area contributed by atoms with Crippen LogP contribution in [0.5, 0.6) is 0 Å². The maximum atomic E-state index is 12.6. The number of nitrogens with zero attached hydrogens (tertiary/aromatic N) is 6. The van der Waals surface area contributed by atoms with Crippen LogP contribution in [0.4, 0.5) is 10.5 Å². The van der Waals surface area contributed by atoms with Gasteiger partial charge in [-0.3, -0.25) is 14.3 Å². The molecular weight excluding hydrogens is 346 g/mol. The van der Waals surface area contributed by atoms with Gasteiger partial charge in [-0.15, -0.1) is 10.2 Å². The van der Waals surface area contributed by atoms with Crippen LogP contribution in [0.3, 0.4) is 0 Å². The monoisotopic (exact) mass is 371 g/mol. The van der Waals surface area contributed by atoms with Gasteiger partial charge in [-0.2, -0.15) is 0 Å². The van der Waals surface area contributed by atoms with Crippen molar-refractivity contribution >= 4 is 17.6 Å². The molecule has 27 heavy (non-hydrogen) atoms. The molecule has 9 heteroatoms. The highest BCUT2D eigenvalue weighted by molar-refractivity contribution is 5.89. The molecule has 1 aromatic carbocycles. The van der Waals surface area contributed by atoms with Gasteiger partial charge >= 0.3 is 6.03 Å². The zero-order valence-electron chi connectivity index (χ0n) is 15.7. The smallest absolute Gasteiger partial charge is 0.321 e. The van der Waals surface area contributed by atoms with E-state index in [4.69, 9.17) is 0 Å². The summed E-state index contributed by atoms with van der Waals surface area (Å²) in [5.41, 5.74) is 1.59. The molecule has 1 saturated heterocycles. The number of anilines is 1. The van der Waals surface area contributed by atoms with E-state index in [1.54, 1.807) is 41.1 Å². The maximum absolute atomic E-state index is 12.6. The summed E-state index contributed by atoms with van der Waals surface area (Å²) in [6, 6.07) is 7.40. The SMILES string of the molecule is CN(C)C(=O)CN1CCCN(C(=O)Nc2cccc(-n3cnnc3)c2)CC1. The summed E-state index contributed by atoms with van der Waals surface area (Å²) < 4.78 is 1.78. The van der Waals surface area contributed by atoms with Gasteiger partial charge in [0.05, 0.1) is 12.2 Å². The summed E-state index contributed by atoms with van der Waals surface area (Å²) in [7, 11) is 3.52. The molecule has 1 N–H and O–H groups in total. The number of amides is 3. The fourth-order valence-corrected chi connectivity index (χ4v) is 2.95. The fourth-order valence-electron chi connectivity index (χ4n) is 2.95. The van der Waals surface area contributed by atoms with E-state index in [0.29, 0.717) is 26.2 Å². The van der Waals surface area contributed by atoms with Gasteiger partial charge in [0.15, 0.2) is 0 Å². The lowest BCUT2D eigenvalue weighted by Gasteiger charge is -2.23. The third kappa shape index (κ3) is 5.04. The third-order valence-electron chi connectivity index (χ3n) is 4.55. The molecule has 0 aliphatic carbocycles. The molecule has 0 bridgehead atoms. The first-order chi connectivity index (χ1) is 13.0. The Bertz CT molecular complexity index is 776. The molecule has 1 aliphatic heterocycles. The molecule has 0 radical (unpaired) electrons. The minimum Gasteiger partial charge on any atom is -0.348 e. The Kier molecular flexibility index (Phi) is 6.02. The van der Waals surface area contributed by atoms with Crippen LogP contribution in [0.25, 0.3) is 5.69 Å². The number of nitrogens with one attached hydrogen (secondary N) is 1. The number of carbonyl (C=O) groups excluding carboxylic acids is 2. The first-order valence-corrected chi connectivity index (χ1v) is 8.96.